The second-order valence-electron chi connectivity index (χ2n) is 11.8. The molecule has 0 aliphatic heterocycles. The van der Waals surface area contributed by atoms with Crippen LogP contribution in [0.1, 0.15) is 68.3 Å². The monoisotopic (exact) mass is 522 g/mol. The minimum atomic E-state index is -1.10. The molecule has 2 amide bonds. The zero-order chi connectivity index (χ0) is 27.3. The van der Waals surface area contributed by atoms with Gasteiger partial charge < -0.3 is 5.11 Å². The highest BCUT2D eigenvalue weighted by Crippen LogP contribution is 2.60. The molecule has 4 bridgehead atoms. The summed E-state index contributed by atoms with van der Waals surface area (Å²) in [5.41, 5.74) is 4.08. The van der Waals surface area contributed by atoms with Crippen LogP contribution in [0.2, 0.25) is 0 Å². The molecule has 0 spiro atoms. The number of anilines is 4. The summed E-state index contributed by atoms with van der Waals surface area (Å²) in [7, 11) is 0. The molecular formula is C33H34N2O4. The lowest BCUT2D eigenvalue weighted by molar-refractivity contribution is -0.116. The highest BCUT2D eigenvalue weighted by Gasteiger charge is 2.51. The van der Waals surface area contributed by atoms with Crippen LogP contribution in [0, 0.1) is 17.8 Å². The smallest absolute Gasteiger partial charge is 0.337 e. The molecule has 0 unspecified atom stereocenters. The lowest BCUT2D eigenvalue weighted by atomic mass is 9.48. The Morgan fingerprint density at radius 3 is 1.56 bits per heavy atom. The molecule has 4 fully saturated rings. The molecule has 0 radical (unpaired) electrons. The second-order valence-corrected chi connectivity index (χ2v) is 11.8. The van der Waals surface area contributed by atoms with Crippen molar-refractivity contribution in [2.45, 2.75) is 57.8 Å². The predicted octanol–water partition coefficient (Wildman–Crippen LogP) is 7.22. The molecule has 6 nitrogen and oxygen atoms in total. The van der Waals surface area contributed by atoms with Gasteiger partial charge in [0.1, 0.15) is 0 Å². The van der Waals surface area contributed by atoms with Crippen LogP contribution in [0.15, 0.2) is 72.8 Å². The van der Waals surface area contributed by atoms with Crippen molar-refractivity contribution in [2.75, 3.05) is 9.80 Å². The SMILES string of the molecule is CC(=O)N(c1ccc(N(C(C)=O)c2ccccc2C(=O)O)cc1)c1ccc(C23CC4CC(CC(C4)C2)C3)cc1. The number of hydrogen-bond donors (Lipinski definition) is 1. The van der Waals surface area contributed by atoms with Gasteiger partial charge in [0.25, 0.3) is 0 Å². The van der Waals surface area contributed by atoms with Crippen LogP contribution in [0.25, 0.3) is 0 Å². The standard InChI is InChI=1S/C33H34N2O4/c1-21(36)34(27-9-7-26(8-10-27)33-18-23-15-24(19-33)17-25(16-23)20-33)28-11-13-29(14-12-28)35(22(2)37)31-6-4-3-5-30(31)32(38)39/h3-14,23-25H,15-20H2,1-2H3,(H,38,39). The molecule has 39 heavy (non-hydrogen) atoms. The Bertz CT molecular complexity index is 1390. The Kier molecular flexibility index (Phi) is 6.29. The van der Waals surface area contributed by atoms with Crippen molar-refractivity contribution in [1.29, 1.82) is 0 Å². The fraction of sp³-hybridized carbons (Fsp3) is 0.364. The Labute approximate surface area is 229 Å². The average Bonchev–Trinajstić information content (AvgIpc) is 2.89. The molecule has 7 rings (SSSR count). The third-order valence-electron chi connectivity index (χ3n) is 9.15. The predicted molar refractivity (Wildman–Crippen MR) is 152 cm³/mol. The summed E-state index contributed by atoms with van der Waals surface area (Å²) in [5.74, 6) is 1.11. The maximum Gasteiger partial charge on any atom is 0.337 e. The number of carbonyl (C=O) groups is 3. The van der Waals surface area contributed by atoms with Crippen molar-refractivity contribution in [3.8, 4) is 0 Å². The first-order valence-corrected chi connectivity index (χ1v) is 13.9. The van der Waals surface area contributed by atoms with Crippen molar-refractivity contribution in [2.24, 2.45) is 17.8 Å². The highest BCUT2D eigenvalue weighted by atomic mass is 16.4. The number of benzene rings is 3. The van der Waals surface area contributed by atoms with Crippen molar-refractivity contribution in [1.82, 2.24) is 0 Å². The number of carboxylic acids is 1. The molecule has 3 aromatic rings. The summed E-state index contributed by atoms with van der Waals surface area (Å²) in [6.45, 7) is 2.95. The van der Waals surface area contributed by atoms with Gasteiger partial charge in [-0.2, -0.15) is 0 Å². The third-order valence-corrected chi connectivity index (χ3v) is 9.15. The second kappa shape index (κ2) is 9.67. The lowest BCUT2D eigenvalue weighted by Gasteiger charge is -2.57. The number of hydrogen-bond acceptors (Lipinski definition) is 3. The van der Waals surface area contributed by atoms with Gasteiger partial charge in [0, 0.05) is 30.9 Å². The van der Waals surface area contributed by atoms with Crippen LogP contribution in [-0.4, -0.2) is 22.9 Å². The number of amides is 2. The number of rotatable bonds is 6. The Morgan fingerprint density at radius 1 is 0.667 bits per heavy atom. The summed E-state index contributed by atoms with van der Waals surface area (Å²) in [5, 5.41) is 9.63. The molecular weight excluding hydrogens is 488 g/mol. The van der Waals surface area contributed by atoms with E-state index in [1.807, 2.05) is 0 Å². The number of carbonyl (C=O) groups excluding carboxylic acids is 2. The fourth-order valence-electron chi connectivity index (χ4n) is 8.03. The van der Waals surface area contributed by atoms with Crippen LogP contribution in [0.5, 0.6) is 0 Å². The first-order valence-electron chi connectivity index (χ1n) is 13.9. The van der Waals surface area contributed by atoms with Gasteiger partial charge in [-0.15, -0.1) is 0 Å². The number of aromatic carboxylic acids is 1. The van der Waals surface area contributed by atoms with Gasteiger partial charge in [0.15, 0.2) is 0 Å². The summed E-state index contributed by atoms with van der Waals surface area (Å²) >= 11 is 0. The van der Waals surface area contributed by atoms with E-state index >= 15 is 0 Å². The number of para-hydroxylation sites is 1. The zero-order valence-electron chi connectivity index (χ0n) is 22.5. The van der Waals surface area contributed by atoms with Crippen LogP contribution in [0.4, 0.5) is 22.7 Å². The normalized spacial score (nSPS) is 24.8. The van der Waals surface area contributed by atoms with Gasteiger partial charge in [-0.25, -0.2) is 4.79 Å². The molecule has 6 heteroatoms. The van der Waals surface area contributed by atoms with E-state index in [4.69, 9.17) is 0 Å². The highest BCUT2D eigenvalue weighted by molar-refractivity contribution is 6.06. The fourth-order valence-corrected chi connectivity index (χ4v) is 8.03. The van der Waals surface area contributed by atoms with Gasteiger partial charge in [-0.1, -0.05) is 24.3 Å². The van der Waals surface area contributed by atoms with Gasteiger partial charge in [-0.05, 0) is 116 Å². The van der Waals surface area contributed by atoms with E-state index in [2.05, 4.69) is 24.3 Å². The summed E-state index contributed by atoms with van der Waals surface area (Å²) in [6, 6.07) is 22.1. The van der Waals surface area contributed by atoms with E-state index in [0.717, 1.165) is 23.4 Å². The van der Waals surface area contributed by atoms with Gasteiger partial charge in [0.05, 0.1) is 11.3 Å². The van der Waals surface area contributed by atoms with Crippen molar-refractivity contribution >= 4 is 40.5 Å². The number of carboxylic acid groups (broad SMARTS) is 1. The van der Waals surface area contributed by atoms with Crippen LogP contribution in [0.3, 0.4) is 0 Å². The van der Waals surface area contributed by atoms with Crippen molar-refractivity contribution < 1.29 is 19.5 Å². The largest absolute Gasteiger partial charge is 0.478 e. The number of nitrogens with zero attached hydrogens (tertiary/aromatic N) is 2. The minimum Gasteiger partial charge on any atom is -0.478 e. The van der Waals surface area contributed by atoms with E-state index in [0.29, 0.717) is 22.5 Å². The molecule has 200 valence electrons. The van der Waals surface area contributed by atoms with Gasteiger partial charge in [0.2, 0.25) is 11.8 Å². The Balaban J connectivity index is 1.28. The van der Waals surface area contributed by atoms with E-state index in [1.54, 1.807) is 54.3 Å². The Hall–Kier alpha value is -3.93. The summed E-state index contributed by atoms with van der Waals surface area (Å²) in [6.07, 6.45) is 8.13. The van der Waals surface area contributed by atoms with E-state index < -0.39 is 5.97 Å². The quantitative estimate of drug-likeness (QED) is 0.371. The summed E-state index contributed by atoms with van der Waals surface area (Å²) < 4.78 is 0. The van der Waals surface area contributed by atoms with Crippen LogP contribution >= 0.6 is 0 Å². The molecule has 3 aromatic carbocycles. The first-order chi connectivity index (χ1) is 18.7. The maximum atomic E-state index is 12.8. The zero-order valence-corrected chi connectivity index (χ0v) is 22.5. The topological polar surface area (TPSA) is 77.9 Å². The minimum absolute atomic E-state index is 0.0428. The van der Waals surface area contributed by atoms with E-state index in [-0.39, 0.29) is 17.4 Å². The van der Waals surface area contributed by atoms with Crippen LogP contribution < -0.4 is 9.80 Å². The average molecular weight is 523 g/mol. The molecule has 0 aromatic heterocycles. The van der Waals surface area contributed by atoms with Gasteiger partial charge in [-0.3, -0.25) is 19.4 Å². The van der Waals surface area contributed by atoms with Gasteiger partial charge >= 0.3 is 5.97 Å². The molecule has 0 atom stereocenters. The third kappa shape index (κ3) is 4.52. The lowest BCUT2D eigenvalue weighted by Crippen LogP contribution is -2.48. The Morgan fingerprint density at radius 2 is 1.10 bits per heavy atom. The van der Waals surface area contributed by atoms with Crippen molar-refractivity contribution in [3.05, 3.63) is 83.9 Å². The first kappa shape index (κ1) is 25.4. The van der Waals surface area contributed by atoms with Crippen molar-refractivity contribution in [3.63, 3.8) is 0 Å². The summed E-state index contributed by atoms with van der Waals surface area (Å²) in [4.78, 5) is 40.2. The molecule has 4 aliphatic rings. The molecule has 1 N–H and O–H groups in total. The van der Waals surface area contributed by atoms with E-state index in [9.17, 15) is 19.5 Å². The molecule has 4 aliphatic carbocycles. The molecule has 4 saturated carbocycles. The van der Waals surface area contributed by atoms with E-state index in [1.165, 1.54) is 62.0 Å². The van der Waals surface area contributed by atoms with Crippen LogP contribution in [-0.2, 0) is 15.0 Å². The maximum absolute atomic E-state index is 12.8. The molecule has 0 saturated heterocycles. The molecule has 0 heterocycles.